The Bertz CT molecular complexity index is 823. The van der Waals surface area contributed by atoms with Crippen LogP contribution in [-0.4, -0.2) is 24.6 Å². The third-order valence-electron chi connectivity index (χ3n) is 3.77. The second-order valence-corrected chi connectivity index (χ2v) is 6.99. The number of hydrogen-bond acceptors (Lipinski definition) is 4. The fourth-order valence-electron chi connectivity index (χ4n) is 2.35. The molecule has 0 fully saturated rings. The highest BCUT2D eigenvalue weighted by atomic mass is 35.5. The van der Waals surface area contributed by atoms with Crippen molar-refractivity contribution in [2.24, 2.45) is 0 Å². The Kier molecular flexibility index (Phi) is 7.51. The number of nitrogens with one attached hydrogen (secondary N) is 1. The highest BCUT2D eigenvalue weighted by molar-refractivity contribution is 6.44. The average Bonchev–Trinajstić information content (AvgIpc) is 2.63. The number of para-hydroxylation sites is 1. The van der Waals surface area contributed by atoms with Crippen molar-refractivity contribution >= 4 is 40.8 Å². The summed E-state index contributed by atoms with van der Waals surface area (Å²) < 4.78 is 10.7. The Morgan fingerprint density at radius 2 is 1.74 bits per heavy atom. The van der Waals surface area contributed by atoms with Crippen LogP contribution in [0.25, 0.3) is 0 Å². The molecule has 0 spiro atoms. The van der Waals surface area contributed by atoms with E-state index in [2.05, 4.69) is 5.32 Å². The number of amides is 1. The molecule has 2 rings (SSSR count). The molecular formula is C20H21Cl2NO4. The Hall–Kier alpha value is -2.24. The van der Waals surface area contributed by atoms with E-state index in [0.29, 0.717) is 16.5 Å². The molecule has 0 saturated carbocycles. The normalized spacial score (nSPS) is 11.8. The topological polar surface area (TPSA) is 64.6 Å². The van der Waals surface area contributed by atoms with E-state index < -0.39 is 18.0 Å². The van der Waals surface area contributed by atoms with Crippen molar-refractivity contribution in [1.82, 2.24) is 0 Å². The molecule has 1 N–H and O–H groups in total. The first-order chi connectivity index (χ1) is 12.8. The van der Waals surface area contributed by atoms with Crippen molar-refractivity contribution < 1.29 is 19.1 Å². The fraction of sp³-hybridized carbons (Fsp3) is 0.300. The summed E-state index contributed by atoms with van der Waals surface area (Å²) in [6.45, 7) is 5.24. The molecule has 0 heterocycles. The van der Waals surface area contributed by atoms with Crippen LogP contribution in [0, 0.1) is 0 Å². The summed E-state index contributed by atoms with van der Waals surface area (Å²) in [5.74, 6) is -0.292. The van der Waals surface area contributed by atoms with Gasteiger partial charge in [0.05, 0.1) is 15.7 Å². The first kappa shape index (κ1) is 21.1. The van der Waals surface area contributed by atoms with E-state index in [1.807, 2.05) is 32.0 Å². The lowest BCUT2D eigenvalue weighted by Gasteiger charge is -2.16. The molecule has 0 aliphatic heterocycles. The summed E-state index contributed by atoms with van der Waals surface area (Å²) in [6.07, 6.45) is -1.02. The number of halogens is 2. The SMILES string of the molecule is CC(OC(=O)COc1ccccc1C(C)C)C(=O)Nc1cccc(Cl)c1Cl. The summed E-state index contributed by atoms with van der Waals surface area (Å²) in [7, 11) is 0. The number of anilines is 1. The van der Waals surface area contributed by atoms with E-state index in [1.165, 1.54) is 6.92 Å². The van der Waals surface area contributed by atoms with Crippen LogP contribution in [0.3, 0.4) is 0 Å². The molecule has 0 bridgehead atoms. The Morgan fingerprint density at radius 1 is 1.04 bits per heavy atom. The lowest BCUT2D eigenvalue weighted by Crippen LogP contribution is -2.31. The van der Waals surface area contributed by atoms with E-state index >= 15 is 0 Å². The second-order valence-electron chi connectivity index (χ2n) is 6.20. The van der Waals surface area contributed by atoms with Crippen LogP contribution in [0.4, 0.5) is 5.69 Å². The maximum atomic E-state index is 12.2. The van der Waals surface area contributed by atoms with E-state index in [0.717, 1.165) is 5.56 Å². The number of rotatable bonds is 7. The zero-order valence-corrected chi connectivity index (χ0v) is 16.8. The zero-order valence-electron chi connectivity index (χ0n) is 15.3. The first-order valence-corrected chi connectivity index (χ1v) is 9.21. The monoisotopic (exact) mass is 409 g/mol. The maximum absolute atomic E-state index is 12.2. The van der Waals surface area contributed by atoms with Crippen molar-refractivity contribution in [3.05, 3.63) is 58.1 Å². The van der Waals surface area contributed by atoms with Gasteiger partial charge >= 0.3 is 5.97 Å². The minimum Gasteiger partial charge on any atom is -0.482 e. The van der Waals surface area contributed by atoms with Gasteiger partial charge in [-0.15, -0.1) is 0 Å². The van der Waals surface area contributed by atoms with E-state index in [1.54, 1.807) is 24.3 Å². The summed E-state index contributed by atoms with van der Waals surface area (Å²) in [5.41, 5.74) is 1.34. The van der Waals surface area contributed by atoms with Gasteiger partial charge in [0.2, 0.25) is 0 Å². The largest absolute Gasteiger partial charge is 0.482 e. The van der Waals surface area contributed by atoms with Crippen LogP contribution in [0.1, 0.15) is 32.3 Å². The molecule has 1 atom stereocenters. The minimum absolute atomic E-state index is 0.222. The number of carbonyl (C=O) groups excluding carboxylic acids is 2. The molecular weight excluding hydrogens is 389 g/mol. The molecule has 1 unspecified atom stereocenters. The number of hydrogen-bond donors (Lipinski definition) is 1. The van der Waals surface area contributed by atoms with Gasteiger partial charge in [0, 0.05) is 0 Å². The van der Waals surface area contributed by atoms with Crippen molar-refractivity contribution in [2.75, 3.05) is 11.9 Å². The van der Waals surface area contributed by atoms with Crippen LogP contribution in [0.15, 0.2) is 42.5 Å². The van der Waals surface area contributed by atoms with Gasteiger partial charge in [0.1, 0.15) is 5.75 Å². The predicted molar refractivity (Wildman–Crippen MR) is 107 cm³/mol. The molecule has 0 saturated heterocycles. The highest BCUT2D eigenvalue weighted by Crippen LogP contribution is 2.29. The minimum atomic E-state index is -1.02. The molecule has 2 aromatic rings. The second kappa shape index (κ2) is 9.62. The van der Waals surface area contributed by atoms with Gasteiger partial charge in [-0.3, -0.25) is 4.79 Å². The molecule has 144 valence electrons. The van der Waals surface area contributed by atoms with Crippen molar-refractivity contribution in [3.8, 4) is 5.75 Å². The standard InChI is InChI=1S/C20H21Cl2NO4/c1-12(2)14-7-4-5-10-17(14)26-11-18(24)27-13(3)20(25)23-16-9-6-8-15(21)19(16)22/h4-10,12-13H,11H2,1-3H3,(H,23,25). The first-order valence-electron chi connectivity index (χ1n) is 8.45. The van der Waals surface area contributed by atoms with Gasteiger partial charge in [-0.25, -0.2) is 4.79 Å². The van der Waals surface area contributed by atoms with Crippen LogP contribution >= 0.6 is 23.2 Å². The smallest absolute Gasteiger partial charge is 0.344 e. The van der Waals surface area contributed by atoms with E-state index in [9.17, 15) is 9.59 Å². The number of esters is 1. The third-order valence-corrected chi connectivity index (χ3v) is 4.59. The molecule has 1 amide bonds. The number of carbonyl (C=O) groups is 2. The average molecular weight is 410 g/mol. The Labute approximate surface area is 168 Å². The van der Waals surface area contributed by atoms with Crippen molar-refractivity contribution in [2.45, 2.75) is 32.8 Å². The molecule has 0 radical (unpaired) electrons. The molecule has 0 aliphatic carbocycles. The number of benzene rings is 2. The van der Waals surface area contributed by atoms with Crippen molar-refractivity contribution in [3.63, 3.8) is 0 Å². The summed E-state index contributed by atoms with van der Waals surface area (Å²) >= 11 is 11.9. The van der Waals surface area contributed by atoms with Crippen LogP contribution in [-0.2, 0) is 14.3 Å². The fourth-order valence-corrected chi connectivity index (χ4v) is 2.69. The maximum Gasteiger partial charge on any atom is 0.344 e. The van der Waals surface area contributed by atoms with Gasteiger partial charge in [-0.05, 0) is 36.6 Å². The molecule has 5 nitrogen and oxygen atoms in total. The summed E-state index contributed by atoms with van der Waals surface area (Å²) in [5, 5.41) is 3.12. The van der Waals surface area contributed by atoms with Gasteiger partial charge in [-0.1, -0.05) is 61.3 Å². The summed E-state index contributed by atoms with van der Waals surface area (Å²) in [4.78, 5) is 24.2. The predicted octanol–water partition coefficient (Wildman–Crippen LogP) is 5.07. The third kappa shape index (κ3) is 5.88. The lowest BCUT2D eigenvalue weighted by molar-refractivity contribution is -0.155. The lowest BCUT2D eigenvalue weighted by atomic mass is 10.0. The zero-order chi connectivity index (χ0) is 20.0. The molecule has 7 heteroatoms. The van der Waals surface area contributed by atoms with Gasteiger partial charge in [-0.2, -0.15) is 0 Å². The van der Waals surface area contributed by atoms with E-state index in [4.69, 9.17) is 32.7 Å². The van der Waals surface area contributed by atoms with E-state index in [-0.39, 0.29) is 17.5 Å². The van der Waals surface area contributed by atoms with Gasteiger partial charge in [0.25, 0.3) is 5.91 Å². The Morgan fingerprint density at radius 3 is 2.44 bits per heavy atom. The Balaban J connectivity index is 1.90. The quantitative estimate of drug-likeness (QED) is 0.648. The van der Waals surface area contributed by atoms with Crippen molar-refractivity contribution in [1.29, 1.82) is 0 Å². The van der Waals surface area contributed by atoms with Crippen LogP contribution < -0.4 is 10.1 Å². The van der Waals surface area contributed by atoms with Gasteiger partial charge in [0.15, 0.2) is 12.7 Å². The molecule has 0 aliphatic rings. The molecule has 0 aromatic heterocycles. The van der Waals surface area contributed by atoms with Gasteiger partial charge < -0.3 is 14.8 Å². The number of ether oxygens (including phenoxy) is 2. The van der Waals surface area contributed by atoms with Crippen LogP contribution in [0.5, 0.6) is 5.75 Å². The molecule has 2 aromatic carbocycles. The van der Waals surface area contributed by atoms with Crippen LogP contribution in [0.2, 0.25) is 10.0 Å². The molecule has 27 heavy (non-hydrogen) atoms. The summed E-state index contributed by atoms with van der Waals surface area (Å²) in [6, 6.07) is 12.3. The highest BCUT2D eigenvalue weighted by Gasteiger charge is 2.20.